The van der Waals surface area contributed by atoms with Crippen LogP contribution in [-0.2, 0) is 9.47 Å². The zero-order valence-corrected chi connectivity index (χ0v) is 9.77. The molecule has 1 N–H and O–H groups in total. The predicted octanol–water partition coefficient (Wildman–Crippen LogP) is 1.04. The normalized spacial score (nSPS) is 19.8. The largest absolute Gasteiger partial charge is 0.335 e. The molecule has 1 aromatic rings. The monoisotopic (exact) mass is 222 g/mol. The quantitative estimate of drug-likeness (QED) is 0.775. The van der Waals surface area contributed by atoms with Gasteiger partial charge in [-0.3, -0.25) is 0 Å². The zero-order chi connectivity index (χ0) is 11.4. The van der Waals surface area contributed by atoms with Gasteiger partial charge in [-0.1, -0.05) is 18.2 Å². The summed E-state index contributed by atoms with van der Waals surface area (Å²) in [4.78, 5) is 2.14. The molecule has 0 unspecified atom stereocenters. The van der Waals surface area contributed by atoms with Crippen molar-refractivity contribution in [3.63, 3.8) is 0 Å². The number of nitrogens with zero attached hydrogens (tertiary/aromatic N) is 1. The van der Waals surface area contributed by atoms with E-state index in [2.05, 4.69) is 22.3 Å². The number of benzene rings is 1. The summed E-state index contributed by atoms with van der Waals surface area (Å²) < 4.78 is 11.1. The molecule has 4 nitrogen and oxygen atoms in total. The molecule has 1 fully saturated rings. The van der Waals surface area contributed by atoms with E-state index in [1.165, 1.54) is 0 Å². The molecule has 1 aliphatic heterocycles. The Balaban J connectivity index is 2.29. The molecule has 0 aliphatic carbocycles. The fourth-order valence-corrected chi connectivity index (χ4v) is 2.08. The van der Waals surface area contributed by atoms with Gasteiger partial charge in [0.2, 0.25) is 0 Å². The molecule has 1 heterocycles. The minimum Gasteiger partial charge on any atom is -0.335 e. The van der Waals surface area contributed by atoms with Gasteiger partial charge in [-0.05, 0) is 12.1 Å². The maximum atomic E-state index is 5.54. The van der Waals surface area contributed by atoms with Crippen molar-refractivity contribution in [2.24, 2.45) is 0 Å². The van der Waals surface area contributed by atoms with Crippen LogP contribution in [0.3, 0.4) is 0 Å². The molecule has 2 rings (SSSR count). The third-order valence-electron chi connectivity index (χ3n) is 2.98. The first-order valence-corrected chi connectivity index (χ1v) is 5.46. The van der Waals surface area contributed by atoms with E-state index in [1.807, 2.05) is 18.2 Å². The van der Waals surface area contributed by atoms with Gasteiger partial charge in [-0.25, -0.2) is 0 Å². The molecule has 88 valence electrons. The minimum absolute atomic E-state index is 0.662. The highest BCUT2D eigenvalue weighted by Crippen LogP contribution is 2.26. The lowest BCUT2D eigenvalue weighted by atomic mass is 10.2. The van der Waals surface area contributed by atoms with Crippen LogP contribution in [0.15, 0.2) is 30.3 Å². The van der Waals surface area contributed by atoms with Gasteiger partial charge in [0.05, 0.1) is 6.54 Å². The van der Waals surface area contributed by atoms with E-state index in [0.717, 1.165) is 18.8 Å². The van der Waals surface area contributed by atoms with E-state index in [9.17, 15) is 0 Å². The number of methoxy groups -OCH3 is 2. The summed E-state index contributed by atoms with van der Waals surface area (Å²) in [7, 11) is 3.35. The second-order valence-corrected chi connectivity index (χ2v) is 3.78. The van der Waals surface area contributed by atoms with Crippen molar-refractivity contribution in [1.82, 2.24) is 5.32 Å². The summed E-state index contributed by atoms with van der Waals surface area (Å²) in [6, 6.07) is 10.2. The highest BCUT2D eigenvalue weighted by atomic mass is 16.7. The minimum atomic E-state index is -0.695. The molecule has 0 atom stereocenters. The molecule has 0 aromatic heterocycles. The molecule has 16 heavy (non-hydrogen) atoms. The van der Waals surface area contributed by atoms with Gasteiger partial charge in [0, 0.05) is 33.0 Å². The van der Waals surface area contributed by atoms with Gasteiger partial charge in [0.25, 0.3) is 5.91 Å². The molecule has 0 saturated carbocycles. The molecule has 0 amide bonds. The van der Waals surface area contributed by atoms with Crippen LogP contribution in [0.25, 0.3) is 0 Å². The Labute approximate surface area is 96.2 Å². The molecule has 0 spiro atoms. The van der Waals surface area contributed by atoms with Gasteiger partial charge in [0.15, 0.2) is 0 Å². The Kier molecular flexibility index (Phi) is 3.43. The molecule has 1 aliphatic rings. The van der Waals surface area contributed by atoms with Gasteiger partial charge in [0.1, 0.15) is 0 Å². The third kappa shape index (κ3) is 1.91. The van der Waals surface area contributed by atoms with Gasteiger partial charge < -0.3 is 19.7 Å². The molecule has 0 bridgehead atoms. The van der Waals surface area contributed by atoms with Crippen molar-refractivity contribution in [1.29, 1.82) is 0 Å². The van der Waals surface area contributed by atoms with Crippen molar-refractivity contribution in [3.8, 4) is 0 Å². The van der Waals surface area contributed by atoms with E-state index in [4.69, 9.17) is 9.47 Å². The smallest absolute Gasteiger partial charge is 0.264 e. The first-order valence-electron chi connectivity index (χ1n) is 5.46. The van der Waals surface area contributed by atoms with E-state index < -0.39 is 5.91 Å². The van der Waals surface area contributed by atoms with Crippen LogP contribution < -0.4 is 10.2 Å². The van der Waals surface area contributed by atoms with Crippen molar-refractivity contribution < 1.29 is 9.47 Å². The number of hydrogen-bond acceptors (Lipinski definition) is 4. The number of para-hydroxylation sites is 1. The summed E-state index contributed by atoms with van der Waals surface area (Å²) in [5.41, 5.74) is 1.12. The van der Waals surface area contributed by atoms with Crippen LogP contribution in [0.4, 0.5) is 5.69 Å². The number of hydrogen-bond donors (Lipinski definition) is 1. The standard InChI is InChI=1S/C12H18N2O2/c1-15-12(16-2)10-13-8-9-14(12)11-6-4-3-5-7-11/h3-7,13H,8-10H2,1-2H3. The summed E-state index contributed by atoms with van der Waals surface area (Å²) in [5.74, 6) is -0.695. The van der Waals surface area contributed by atoms with Gasteiger partial charge in [-0.15, -0.1) is 0 Å². The van der Waals surface area contributed by atoms with Crippen LogP contribution in [-0.4, -0.2) is 39.8 Å². The van der Waals surface area contributed by atoms with Gasteiger partial charge >= 0.3 is 0 Å². The lowest BCUT2D eigenvalue weighted by Gasteiger charge is -2.45. The summed E-state index contributed by atoms with van der Waals surface area (Å²) in [6.45, 7) is 2.46. The first kappa shape index (κ1) is 11.4. The fraction of sp³-hybridized carbons (Fsp3) is 0.500. The summed E-state index contributed by atoms with van der Waals surface area (Å²) >= 11 is 0. The van der Waals surface area contributed by atoms with E-state index in [0.29, 0.717) is 6.54 Å². The predicted molar refractivity (Wildman–Crippen MR) is 63.4 cm³/mol. The fourth-order valence-electron chi connectivity index (χ4n) is 2.08. The number of nitrogens with one attached hydrogen (secondary N) is 1. The highest BCUT2D eigenvalue weighted by molar-refractivity contribution is 5.48. The number of ether oxygens (including phenoxy) is 2. The summed E-state index contributed by atoms with van der Waals surface area (Å²) in [5, 5.41) is 3.29. The van der Waals surface area contributed by atoms with Crippen LogP contribution in [0.1, 0.15) is 0 Å². The average Bonchev–Trinajstić information content (AvgIpc) is 2.39. The van der Waals surface area contributed by atoms with Crippen LogP contribution >= 0.6 is 0 Å². The molecular formula is C12H18N2O2. The second kappa shape index (κ2) is 4.82. The summed E-state index contributed by atoms with van der Waals surface area (Å²) in [6.07, 6.45) is 0. The molecule has 0 radical (unpaired) electrons. The lowest BCUT2D eigenvalue weighted by Crippen LogP contribution is -2.63. The third-order valence-corrected chi connectivity index (χ3v) is 2.98. The molecule has 1 aromatic carbocycles. The Morgan fingerprint density at radius 2 is 1.88 bits per heavy atom. The van der Waals surface area contributed by atoms with Crippen molar-refractivity contribution in [3.05, 3.63) is 30.3 Å². The van der Waals surface area contributed by atoms with E-state index in [1.54, 1.807) is 14.2 Å². The van der Waals surface area contributed by atoms with Gasteiger partial charge in [-0.2, -0.15) is 0 Å². The van der Waals surface area contributed by atoms with Crippen molar-refractivity contribution in [2.75, 3.05) is 38.8 Å². The lowest BCUT2D eigenvalue weighted by molar-refractivity contribution is -0.208. The molecule has 1 saturated heterocycles. The number of piperazine rings is 1. The topological polar surface area (TPSA) is 33.7 Å². The van der Waals surface area contributed by atoms with E-state index in [-0.39, 0.29) is 0 Å². The Morgan fingerprint density at radius 1 is 1.19 bits per heavy atom. The maximum absolute atomic E-state index is 5.54. The maximum Gasteiger partial charge on any atom is 0.264 e. The second-order valence-electron chi connectivity index (χ2n) is 3.78. The van der Waals surface area contributed by atoms with Crippen LogP contribution in [0.2, 0.25) is 0 Å². The average molecular weight is 222 g/mol. The highest BCUT2D eigenvalue weighted by Gasteiger charge is 2.39. The van der Waals surface area contributed by atoms with E-state index >= 15 is 0 Å². The zero-order valence-electron chi connectivity index (χ0n) is 9.77. The Morgan fingerprint density at radius 3 is 2.50 bits per heavy atom. The van der Waals surface area contributed by atoms with Crippen molar-refractivity contribution in [2.45, 2.75) is 5.91 Å². The Hall–Kier alpha value is -1.10. The molecule has 4 heteroatoms. The first-order chi connectivity index (χ1) is 7.82. The van der Waals surface area contributed by atoms with Crippen molar-refractivity contribution >= 4 is 5.69 Å². The Bertz CT molecular complexity index is 325. The number of anilines is 1. The molecular weight excluding hydrogens is 204 g/mol. The number of rotatable bonds is 3. The van der Waals surface area contributed by atoms with Crippen LogP contribution in [0, 0.1) is 0 Å². The SMILES string of the molecule is COC1(OC)CNCCN1c1ccccc1. The van der Waals surface area contributed by atoms with Crippen LogP contribution in [0.5, 0.6) is 0 Å².